The van der Waals surface area contributed by atoms with Crippen molar-refractivity contribution >= 4 is 11.8 Å². The number of methoxy groups -OCH3 is 1. The van der Waals surface area contributed by atoms with Crippen LogP contribution in [0.2, 0.25) is 0 Å². The smallest absolute Gasteiger partial charge is 0.402 e. The first kappa shape index (κ1) is 21.8. The van der Waals surface area contributed by atoms with E-state index in [1.54, 1.807) is 7.11 Å². The summed E-state index contributed by atoms with van der Waals surface area (Å²) in [5.41, 5.74) is 7.57. The van der Waals surface area contributed by atoms with E-state index in [0.717, 1.165) is 51.3 Å². The minimum atomic E-state index is -4.85. The lowest BCUT2D eigenvalue weighted by Crippen LogP contribution is -2.30. The molecule has 2 aromatic heterocycles. The standard InChI is InChI=1S/C23H27F3N6O2/c1-33-3-2-31-10-15-16(11-31)20(15)18-7-17(29-22(30-18)32-9-12-4-14(32)5-12)13-6-19(21(27)28-8-13)34-23(24,25)26/h6-8,12,14-16,20H,2-5,9-11H2,1H3,(H2,27,28)/t12?,14?,15-,16+,20+. The molecule has 5 fully saturated rings. The molecule has 7 rings (SSSR count). The van der Waals surface area contributed by atoms with E-state index in [0.29, 0.717) is 46.9 Å². The Morgan fingerprint density at radius 1 is 1.12 bits per heavy atom. The number of halogens is 3. The number of rotatable bonds is 7. The summed E-state index contributed by atoms with van der Waals surface area (Å²) < 4.78 is 47.8. The number of hydrogen-bond acceptors (Lipinski definition) is 8. The first-order valence-corrected chi connectivity index (χ1v) is 11.7. The minimum absolute atomic E-state index is 0.316. The number of hydrogen-bond donors (Lipinski definition) is 1. The maximum absolute atomic E-state index is 12.8. The van der Waals surface area contributed by atoms with Gasteiger partial charge >= 0.3 is 6.36 Å². The molecule has 2 aliphatic carbocycles. The monoisotopic (exact) mass is 476 g/mol. The molecule has 0 spiro atoms. The molecule has 0 radical (unpaired) electrons. The molecule has 2 N–H and O–H groups in total. The fourth-order valence-corrected chi connectivity index (χ4v) is 5.93. The van der Waals surface area contributed by atoms with Crippen molar-refractivity contribution in [2.45, 2.75) is 31.2 Å². The Morgan fingerprint density at radius 3 is 2.53 bits per heavy atom. The van der Waals surface area contributed by atoms with E-state index < -0.39 is 12.1 Å². The van der Waals surface area contributed by atoms with Crippen molar-refractivity contribution in [3.63, 3.8) is 0 Å². The van der Waals surface area contributed by atoms with E-state index in [1.165, 1.54) is 12.3 Å². The third-order valence-corrected chi connectivity index (χ3v) is 7.72. The second-order valence-electron chi connectivity index (χ2n) is 9.88. The van der Waals surface area contributed by atoms with Gasteiger partial charge in [-0.3, -0.25) is 0 Å². The molecule has 0 aromatic carbocycles. The van der Waals surface area contributed by atoms with E-state index in [4.69, 9.17) is 20.4 Å². The van der Waals surface area contributed by atoms with Crippen LogP contribution in [-0.4, -0.2) is 72.2 Å². The zero-order valence-electron chi connectivity index (χ0n) is 18.8. The number of pyridine rings is 1. The quantitative estimate of drug-likeness (QED) is 0.653. The summed E-state index contributed by atoms with van der Waals surface area (Å²) in [6, 6.07) is 3.61. The molecule has 2 aromatic rings. The van der Waals surface area contributed by atoms with Crippen molar-refractivity contribution in [3.8, 4) is 17.0 Å². The lowest BCUT2D eigenvalue weighted by molar-refractivity contribution is -0.274. The fraction of sp³-hybridized carbons (Fsp3) is 0.609. The molecular formula is C23H27F3N6O2. The molecule has 3 aliphatic heterocycles. The van der Waals surface area contributed by atoms with Gasteiger partial charge in [0.05, 0.1) is 18.0 Å². The number of alkyl halides is 3. The van der Waals surface area contributed by atoms with Crippen LogP contribution in [0.5, 0.6) is 5.75 Å². The normalized spacial score (nSPS) is 29.8. The molecule has 34 heavy (non-hydrogen) atoms. The number of nitrogens with zero attached hydrogens (tertiary/aromatic N) is 5. The van der Waals surface area contributed by atoms with E-state index >= 15 is 0 Å². The highest BCUT2D eigenvalue weighted by molar-refractivity contribution is 5.66. The topological polar surface area (TPSA) is 89.6 Å². The van der Waals surface area contributed by atoms with Crippen molar-refractivity contribution in [2.24, 2.45) is 17.8 Å². The fourth-order valence-electron chi connectivity index (χ4n) is 5.93. The van der Waals surface area contributed by atoms with Crippen molar-refractivity contribution in [3.05, 3.63) is 24.0 Å². The van der Waals surface area contributed by atoms with Crippen LogP contribution in [-0.2, 0) is 4.74 Å². The summed E-state index contributed by atoms with van der Waals surface area (Å²) in [7, 11) is 1.71. The highest BCUT2D eigenvalue weighted by Gasteiger charge is 2.57. The van der Waals surface area contributed by atoms with Crippen molar-refractivity contribution in [2.75, 3.05) is 50.5 Å². The summed E-state index contributed by atoms with van der Waals surface area (Å²) in [5.74, 6) is 1.91. The van der Waals surface area contributed by atoms with Crippen LogP contribution in [0.1, 0.15) is 24.5 Å². The summed E-state index contributed by atoms with van der Waals surface area (Å²) in [6.07, 6.45) is -1.11. The summed E-state index contributed by atoms with van der Waals surface area (Å²) in [6.45, 7) is 4.59. The number of piperidine rings is 1. The first-order valence-electron chi connectivity index (χ1n) is 11.7. The van der Waals surface area contributed by atoms with Crippen LogP contribution in [0.4, 0.5) is 24.9 Å². The summed E-state index contributed by atoms with van der Waals surface area (Å²) in [5, 5.41) is 0. The number of aromatic nitrogens is 3. The van der Waals surface area contributed by atoms with Crippen molar-refractivity contribution in [1.82, 2.24) is 19.9 Å². The van der Waals surface area contributed by atoms with Crippen LogP contribution in [0.25, 0.3) is 11.3 Å². The van der Waals surface area contributed by atoms with Gasteiger partial charge < -0.3 is 25.0 Å². The van der Waals surface area contributed by atoms with E-state index in [2.05, 4.69) is 19.5 Å². The van der Waals surface area contributed by atoms with Gasteiger partial charge in [0.1, 0.15) is 0 Å². The predicted octanol–water partition coefficient (Wildman–Crippen LogP) is 2.91. The van der Waals surface area contributed by atoms with Crippen LogP contribution < -0.4 is 15.4 Å². The Labute approximate surface area is 195 Å². The van der Waals surface area contributed by atoms with Gasteiger partial charge in [0, 0.05) is 57.0 Å². The first-order chi connectivity index (χ1) is 16.3. The zero-order valence-corrected chi connectivity index (χ0v) is 18.8. The van der Waals surface area contributed by atoms with Crippen molar-refractivity contribution < 1.29 is 22.6 Å². The van der Waals surface area contributed by atoms with Gasteiger partial charge in [-0.05, 0) is 42.7 Å². The lowest BCUT2D eigenvalue weighted by atomic mass is 9.86. The minimum Gasteiger partial charge on any atom is -0.402 e. The third-order valence-electron chi connectivity index (χ3n) is 7.72. The largest absolute Gasteiger partial charge is 0.573 e. The van der Waals surface area contributed by atoms with Gasteiger partial charge in [0.2, 0.25) is 5.95 Å². The number of nitrogen functional groups attached to an aromatic ring is 1. The molecule has 3 saturated heterocycles. The molecule has 182 valence electrons. The molecule has 2 bridgehead atoms. The van der Waals surface area contributed by atoms with E-state index in [9.17, 15) is 13.2 Å². The van der Waals surface area contributed by atoms with Crippen LogP contribution >= 0.6 is 0 Å². The van der Waals surface area contributed by atoms with E-state index in [1.807, 2.05) is 6.07 Å². The Kier molecular flexibility index (Phi) is 5.10. The van der Waals surface area contributed by atoms with Crippen molar-refractivity contribution in [1.29, 1.82) is 0 Å². The SMILES string of the molecule is COCCN1C[C@@H]2[C@H](C1)[C@H]2c1cc(-c2cnc(N)c(OC(F)(F)F)c2)nc(N2CC3CC2C3)n1. The number of ether oxygens (including phenoxy) is 2. The predicted molar refractivity (Wildman–Crippen MR) is 118 cm³/mol. The second-order valence-corrected chi connectivity index (χ2v) is 9.88. The van der Waals surface area contributed by atoms with Gasteiger partial charge in [0.15, 0.2) is 11.6 Å². The van der Waals surface area contributed by atoms with Crippen LogP contribution in [0.3, 0.4) is 0 Å². The molecule has 8 nitrogen and oxygen atoms in total. The van der Waals surface area contributed by atoms with Crippen LogP contribution in [0.15, 0.2) is 18.3 Å². The molecule has 11 heteroatoms. The van der Waals surface area contributed by atoms with Gasteiger partial charge in [-0.25, -0.2) is 15.0 Å². The van der Waals surface area contributed by atoms with Gasteiger partial charge in [-0.2, -0.15) is 0 Å². The lowest BCUT2D eigenvalue weighted by Gasteiger charge is -2.26. The van der Waals surface area contributed by atoms with Gasteiger partial charge in [-0.15, -0.1) is 13.2 Å². The molecule has 0 unspecified atom stereocenters. The number of fused-ring (bicyclic) bond motifs is 2. The highest BCUT2D eigenvalue weighted by Crippen LogP contribution is 2.58. The molecule has 0 amide bonds. The average molecular weight is 477 g/mol. The second kappa shape index (κ2) is 7.94. The zero-order chi connectivity index (χ0) is 23.6. The number of likely N-dealkylation sites (tertiary alicyclic amines) is 1. The van der Waals surface area contributed by atoms with E-state index in [-0.39, 0.29) is 5.82 Å². The Morgan fingerprint density at radius 2 is 1.88 bits per heavy atom. The average Bonchev–Trinajstić information content (AvgIpc) is 3.16. The Balaban J connectivity index is 1.31. The molecule has 3 atom stereocenters. The number of nitrogens with two attached hydrogens (primary N) is 1. The highest BCUT2D eigenvalue weighted by atomic mass is 19.4. The number of anilines is 2. The Hall–Kier alpha value is -2.66. The molecule has 5 aliphatic rings. The summed E-state index contributed by atoms with van der Waals surface area (Å²) in [4.78, 5) is 18.3. The molecule has 5 heterocycles. The maximum atomic E-state index is 12.8. The van der Waals surface area contributed by atoms with Crippen LogP contribution in [0, 0.1) is 17.8 Å². The van der Waals surface area contributed by atoms with Gasteiger partial charge in [-0.1, -0.05) is 0 Å². The molecular weight excluding hydrogens is 449 g/mol. The summed E-state index contributed by atoms with van der Waals surface area (Å²) >= 11 is 0. The maximum Gasteiger partial charge on any atom is 0.573 e. The Bertz CT molecular complexity index is 1080. The van der Waals surface area contributed by atoms with Gasteiger partial charge in [0.25, 0.3) is 0 Å². The molecule has 2 saturated carbocycles. The third kappa shape index (κ3) is 3.94.